The van der Waals surface area contributed by atoms with E-state index in [4.69, 9.17) is 4.74 Å². The smallest absolute Gasteiger partial charge is 0.229 e. The molecule has 0 saturated heterocycles. The van der Waals surface area contributed by atoms with Crippen LogP contribution < -0.4 is 15.0 Å². The van der Waals surface area contributed by atoms with Gasteiger partial charge in [0.15, 0.2) is 0 Å². The van der Waals surface area contributed by atoms with E-state index in [0.717, 1.165) is 36.9 Å². The number of benzene rings is 2. The van der Waals surface area contributed by atoms with Gasteiger partial charge in [-0.3, -0.25) is 9.59 Å². The molecule has 28 heavy (non-hydrogen) atoms. The van der Waals surface area contributed by atoms with Gasteiger partial charge in [-0.15, -0.1) is 0 Å². The molecule has 1 fully saturated rings. The summed E-state index contributed by atoms with van der Waals surface area (Å²) in [5.74, 6) is 0.697. The van der Waals surface area contributed by atoms with Crippen molar-refractivity contribution >= 4 is 23.2 Å². The molecule has 5 heteroatoms. The predicted molar refractivity (Wildman–Crippen MR) is 112 cm³/mol. The summed E-state index contributed by atoms with van der Waals surface area (Å²) in [6, 6.07) is 15.4. The van der Waals surface area contributed by atoms with Gasteiger partial charge in [0.1, 0.15) is 5.75 Å². The minimum Gasteiger partial charge on any atom is -0.495 e. The maximum absolute atomic E-state index is 12.8. The summed E-state index contributed by atoms with van der Waals surface area (Å²) >= 11 is 0. The first kappa shape index (κ1) is 19.9. The lowest BCUT2D eigenvalue weighted by Crippen LogP contribution is -2.36. The molecule has 0 atom stereocenters. The molecule has 0 heterocycles. The maximum atomic E-state index is 12.8. The number of para-hydroxylation sites is 1. The monoisotopic (exact) mass is 380 g/mol. The Kier molecular flexibility index (Phi) is 6.34. The lowest BCUT2D eigenvalue weighted by Gasteiger charge is -2.30. The van der Waals surface area contributed by atoms with Crippen LogP contribution in [0.25, 0.3) is 0 Å². The van der Waals surface area contributed by atoms with Crippen molar-refractivity contribution in [1.82, 2.24) is 0 Å². The van der Waals surface area contributed by atoms with E-state index >= 15 is 0 Å². The third-order valence-electron chi connectivity index (χ3n) is 5.53. The summed E-state index contributed by atoms with van der Waals surface area (Å²) in [5.41, 5.74) is 2.67. The number of methoxy groups -OCH3 is 1. The van der Waals surface area contributed by atoms with Crippen LogP contribution in [0.3, 0.4) is 0 Å². The number of nitrogens with one attached hydrogen (secondary N) is 1. The van der Waals surface area contributed by atoms with Gasteiger partial charge in [0.2, 0.25) is 11.8 Å². The van der Waals surface area contributed by atoms with Crippen LogP contribution in [0.2, 0.25) is 0 Å². The molecule has 1 N–H and O–H groups in total. The minimum atomic E-state index is -0.0729. The first-order valence-electron chi connectivity index (χ1n) is 9.77. The molecule has 2 amide bonds. The molecule has 1 aliphatic carbocycles. The average molecular weight is 380 g/mol. The minimum absolute atomic E-state index is 0.00575. The SMILES string of the molecule is COc1ccc(C)cc1NC(=O)C1CCC(C(=O)N(C)c2ccccc2)CC1. The van der Waals surface area contributed by atoms with Crippen molar-refractivity contribution in [2.24, 2.45) is 11.8 Å². The number of carbonyl (C=O) groups is 2. The number of amides is 2. The highest BCUT2D eigenvalue weighted by Crippen LogP contribution is 2.33. The second-order valence-electron chi connectivity index (χ2n) is 7.47. The second kappa shape index (κ2) is 8.91. The number of anilines is 2. The van der Waals surface area contributed by atoms with E-state index in [1.165, 1.54) is 0 Å². The van der Waals surface area contributed by atoms with Crippen LogP contribution in [0.5, 0.6) is 5.75 Å². The summed E-state index contributed by atoms with van der Waals surface area (Å²) in [5, 5.41) is 3.01. The molecule has 0 radical (unpaired) electrons. The molecule has 2 aromatic rings. The molecule has 0 spiro atoms. The van der Waals surface area contributed by atoms with Crippen molar-refractivity contribution < 1.29 is 14.3 Å². The standard InChI is InChI=1S/C23H28N2O3/c1-16-9-14-21(28-3)20(15-16)24-22(26)17-10-12-18(13-11-17)23(27)25(2)19-7-5-4-6-8-19/h4-9,14-15,17-18H,10-13H2,1-3H3,(H,24,26). The van der Waals surface area contributed by atoms with E-state index in [1.807, 2.05) is 62.5 Å². The Morgan fingerprint density at radius 3 is 2.29 bits per heavy atom. The van der Waals surface area contributed by atoms with Gasteiger partial charge < -0.3 is 15.0 Å². The van der Waals surface area contributed by atoms with Gasteiger partial charge in [-0.1, -0.05) is 24.3 Å². The first-order chi connectivity index (χ1) is 13.5. The zero-order chi connectivity index (χ0) is 20.1. The zero-order valence-corrected chi connectivity index (χ0v) is 16.8. The number of ether oxygens (including phenoxy) is 1. The lowest BCUT2D eigenvalue weighted by atomic mass is 9.81. The fourth-order valence-corrected chi connectivity index (χ4v) is 3.81. The number of hydrogen-bond donors (Lipinski definition) is 1. The second-order valence-corrected chi connectivity index (χ2v) is 7.47. The zero-order valence-electron chi connectivity index (χ0n) is 16.8. The number of aryl methyl sites for hydroxylation is 1. The summed E-state index contributed by atoms with van der Waals surface area (Å²) in [6.07, 6.45) is 2.91. The van der Waals surface area contributed by atoms with E-state index in [1.54, 1.807) is 12.0 Å². The Bertz CT molecular complexity index is 827. The van der Waals surface area contributed by atoms with Crippen LogP contribution in [0.4, 0.5) is 11.4 Å². The molecule has 0 unspecified atom stereocenters. The highest BCUT2D eigenvalue weighted by Gasteiger charge is 2.32. The largest absolute Gasteiger partial charge is 0.495 e. The van der Waals surface area contributed by atoms with Crippen molar-refractivity contribution in [1.29, 1.82) is 0 Å². The molecule has 0 bridgehead atoms. The third kappa shape index (κ3) is 4.53. The average Bonchev–Trinajstić information content (AvgIpc) is 2.73. The summed E-state index contributed by atoms with van der Waals surface area (Å²) in [4.78, 5) is 27.2. The van der Waals surface area contributed by atoms with Gasteiger partial charge in [-0.2, -0.15) is 0 Å². The summed E-state index contributed by atoms with van der Waals surface area (Å²) in [6.45, 7) is 1.98. The van der Waals surface area contributed by atoms with Crippen LogP contribution in [-0.4, -0.2) is 26.0 Å². The van der Waals surface area contributed by atoms with Gasteiger partial charge >= 0.3 is 0 Å². The molecule has 2 aromatic carbocycles. The van der Waals surface area contributed by atoms with Crippen molar-refractivity contribution in [3.8, 4) is 5.75 Å². The fraction of sp³-hybridized carbons (Fsp3) is 0.391. The van der Waals surface area contributed by atoms with Gasteiger partial charge in [-0.25, -0.2) is 0 Å². The van der Waals surface area contributed by atoms with E-state index in [2.05, 4.69) is 5.32 Å². The highest BCUT2D eigenvalue weighted by atomic mass is 16.5. The number of hydrogen-bond acceptors (Lipinski definition) is 3. The van der Waals surface area contributed by atoms with E-state index in [0.29, 0.717) is 11.4 Å². The normalized spacial score (nSPS) is 19.0. The molecule has 148 valence electrons. The molecule has 0 aliphatic heterocycles. The number of carbonyl (C=O) groups excluding carboxylic acids is 2. The number of rotatable bonds is 5. The molecule has 3 rings (SSSR count). The third-order valence-corrected chi connectivity index (χ3v) is 5.53. The van der Waals surface area contributed by atoms with Gasteiger partial charge in [0.25, 0.3) is 0 Å². The molecule has 5 nitrogen and oxygen atoms in total. The Hall–Kier alpha value is -2.82. The topological polar surface area (TPSA) is 58.6 Å². The fourth-order valence-electron chi connectivity index (χ4n) is 3.81. The summed E-state index contributed by atoms with van der Waals surface area (Å²) < 4.78 is 5.34. The van der Waals surface area contributed by atoms with E-state index < -0.39 is 0 Å². The van der Waals surface area contributed by atoms with Crippen molar-refractivity contribution in [2.45, 2.75) is 32.6 Å². The molecule has 1 aliphatic rings. The molecular weight excluding hydrogens is 352 g/mol. The van der Waals surface area contributed by atoms with Crippen LogP contribution in [0, 0.1) is 18.8 Å². The van der Waals surface area contributed by atoms with Crippen LogP contribution in [0.15, 0.2) is 48.5 Å². The summed E-state index contributed by atoms with van der Waals surface area (Å²) in [7, 11) is 3.42. The Balaban J connectivity index is 1.57. The molecule has 1 saturated carbocycles. The van der Waals surface area contributed by atoms with E-state index in [-0.39, 0.29) is 23.7 Å². The maximum Gasteiger partial charge on any atom is 0.229 e. The Morgan fingerprint density at radius 2 is 1.64 bits per heavy atom. The Labute approximate surface area is 166 Å². The predicted octanol–water partition coefficient (Wildman–Crippen LogP) is 4.41. The number of nitrogens with zero attached hydrogens (tertiary/aromatic N) is 1. The van der Waals surface area contributed by atoms with Crippen molar-refractivity contribution in [2.75, 3.05) is 24.4 Å². The van der Waals surface area contributed by atoms with Crippen LogP contribution in [0.1, 0.15) is 31.2 Å². The highest BCUT2D eigenvalue weighted by molar-refractivity contribution is 5.96. The quantitative estimate of drug-likeness (QED) is 0.836. The molecular formula is C23H28N2O3. The molecule has 0 aromatic heterocycles. The van der Waals surface area contributed by atoms with Gasteiger partial charge in [-0.05, 0) is 62.4 Å². The van der Waals surface area contributed by atoms with E-state index in [9.17, 15) is 9.59 Å². The van der Waals surface area contributed by atoms with Gasteiger partial charge in [0.05, 0.1) is 12.8 Å². The lowest BCUT2D eigenvalue weighted by molar-refractivity contribution is -0.126. The van der Waals surface area contributed by atoms with Crippen molar-refractivity contribution in [3.05, 3.63) is 54.1 Å². The van der Waals surface area contributed by atoms with Crippen molar-refractivity contribution in [3.63, 3.8) is 0 Å². The van der Waals surface area contributed by atoms with Crippen LogP contribution in [-0.2, 0) is 9.59 Å². The van der Waals surface area contributed by atoms with Gasteiger partial charge in [0, 0.05) is 24.6 Å². The first-order valence-corrected chi connectivity index (χ1v) is 9.77. The Morgan fingerprint density at radius 1 is 1.00 bits per heavy atom. The van der Waals surface area contributed by atoms with Crippen LogP contribution >= 0.6 is 0 Å².